The molecule has 1 aliphatic rings. The SMILES string of the molecule is CC1(C)C(N)=NC(c2cc(Br)ccc2F)(C(F)F)CS1(=O)=O. The number of halogens is 4. The molecule has 0 radical (unpaired) electrons. The second kappa shape index (κ2) is 5.23. The highest BCUT2D eigenvalue weighted by molar-refractivity contribution is 9.10. The third-order valence-corrected chi connectivity index (χ3v) is 6.96. The zero-order chi connectivity index (χ0) is 16.9. The van der Waals surface area contributed by atoms with Gasteiger partial charge < -0.3 is 5.73 Å². The first-order chi connectivity index (χ1) is 9.94. The second-order valence-electron chi connectivity index (χ2n) is 5.62. The highest BCUT2D eigenvalue weighted by atomic mass is 79.9. The smallest absolute Gasteiger partial charge is 0.268 e. The largest absolute Gasteiger partial charge is 0.386 e. The van der Waals surface area contributed by atoms with Crippen molar-refractivity contribution in [3.05, 3.63) is 34.1 Å². The maximum absolute atomic E-state index is 14.1. The summed E-state index contributed by atoms with van der Waals surface area (Å²) in [5.41, 5.74) is 2.58. The van der Waals surface area contributed by atoms with Crippen LogP contribution < -0.4 is 5.73 Å². The Kier molecular flexibility index (Phi) is 4.10. The van der Waals surface area contributed by atoms with Crippen LogP contribution in [-0.4, -0.2) is 31.2 Å². The highest BCUT2D eigenvalue weighted by Crippen LogP contribution is 2.42. The van der Waals surface area contributed by atoms with Crippen LogP contribution in [0.25, 0.3) is 0 Å². The number of nitrogens with zero attached hydrogens (tertiary/aromatic N) is 1. The van der Waals surface area contributed by atoms with Gasteiger partial charge in [0.2, 0.25) is 0 Å². The Morgan fingerprint density at radius 1 is 1.36 bits per heavy atom. The van der Waals surface area contributed by atoms with Gasteiger partial charge >= 0.3 is 0 Å². The first-order valence-corrected chi connectivity index (χ1v) is 8.70. The molecule has 9 heteroatoms. The van der Waals surface area contributed by atoms with Gasteiger partial charge in [0.05, 0.1) is 5.75 Å². The molecule has 1 heterocycles. The number of aliphatic imine (C=N–C) groups is 1. The van der Waals surface area contributed by atoms with Gasteiger partial charge in [-0.15, -0.1) is 0 Å². The Morgan fingerprint density at radius 2 is 1.95 bits per heavy atom. The molecular formula is C13H14BrF3N2O2S. The highest BCUT2D eigenvalue weighted by Gasteiger charge is 2.56. The Balaban J connectivity index is 2.82. The predicted molar refractivity (Wildman–Crippen MR) is 81.3 cm³/mol. The fourth-order valence-electron chi connectivity index (χ4n) is 2.21. The molecule has 1 atom stereocenters. The molecular weight excluding hydrogens is 385 g/mol. The summed E-state index contributed by atoms with van der Waals surface area (Å²) in [6.07, 6.45) is -3.24. The molecule has 2 N–H and O–H groups in total. The Labute approximate surface area is 134 Å². The number of rotatable bonds is 2. The predicted octanol–water partition coefficient (Wildman–Crippen LogP) is 2.61. The summed E-state index contributed by atoms with van der Waals surface area (Å²) in [6, 6.07) is 3.40. The number of hydrogen-bond donors (Lipinski definition) is 1. The molecule has 22 heavy (non-hydrogen) atoms. The van der Waals surface area contributed by atoms with E-state index in [0.717, 1.165) is 12.1 Å². The normalized spacial score (nSPS) is 26.8. The average Bonchev–Trinajstić information content (AvgIpc) is 2.38. The number of sulfone groups is 1. The first kappa shape index (κ1) is 17.3. The molecule has 2 rings (SSSR count). The molecule has 0 amide bonds. The molecule has 0 aliphatic carbocycles. The zero-order valence-corrected chi connectivity index (χ0v) is 14.2. The molecule has 1 aliphatic heterocycles. The van der Waals surface area contributed by atoms with E-state index in [-0.39, 0.29) is 0 Å². The van der Waals surface area contributed by atoms with Crippen molar-refractivity contribution in [3.8, 4) is 0 Å². The van der Waals surface area contributed by atoms with Gasteiger partial charge in [0.25, 0.3) is 6.43 Å². The number of hydrogen-bond acceptors (Lipinski definition) is 4. The lowest BCUT2D eigenvalue weighted by Gasteiger charge is -2.39. The fraction of sp³-hybridized carbons (Fsp3) is 0.462. The van der Waals surface area contributed by atoms with Crippen molar-refractivity contribution in [1.82, 2.24) is 0 Å². The molecule has 0 fully saturated rings. The molecule has 1 unspecified atom stereocenters. The lowest BCUT2D eigenvalue weighted by atomic mass is 9.91. The molecule has 0 bridgehead atoms. The van der Waals surface area contributed by atoms with Crippen molar-refractivity contribution in [2.45, 2.75) is 30.6 Å². The standard InChI is InChI=1S/C13H14BrF3N2O2S/c1-12(2)11(18)19-13(10(16)17,6-22(12,20)21)8-5-7(14)3-4-9(8)15/h3-5,10H,6H2,1-2H3,(H2,18,19). The van der Waals surface area contributed by atoms with E-state index in [9.17, 15) is 21.6 Å². The van der Waals surface area contributed by atoms with E-state index in [1.54, 1.807) is 0 Å². The van der Waals surface area contributed by atoms with Crippen molar-refractivity contribution < 1.29 is 21.6 Å². The Hall–Kier alpha value is -1.09. The van der Waals surface area contributed by atoms with Crippen molar-refractivity contribution in [2.75, 3.05) is 5.75 Å². The monoisotopic (exact) mass is 398 g/mol. The Morgan fingerprint density at radius 3 is 2.45 bits per heavy atom. The molecule has 0 aromatic heterocycles. The van der Waals surface area contributed by atoms with Crippen molar-refractivity contribution in [2.24, 2.45) is 10.7 Å². The fourth-order valence-corrected chi connectivity index (χ4v) is 4.22. The van der Waals surface area contributed by atoms with Gasteiger partial charge in [0.15, 0.2) is 15.4 Å². The van der Waals surface area contributed by atoms with Crippen LogP contribution in [-0.2, 0) is 15.4 Å². The van der Waals surface area contributed by atoms with Crippen LogP contribution in [0, 0.1) is 5.82 Å². The minimum atomic E-state index is -4.06. The lowest BCUT2D eigenvalue weighted by molar-refractivity contribution is 0.0622. The number of alkyl halides is 2. The van der Waals surface area contributed by atoms with Crippen LogP contribution in [0.5, 0.6) is 0 Å². The van der Waals surface area contributed by atoms with Crippen LogP contribution in [0.1, 0.15) is 19.4 Å². The summed E-state index contributed by atoms with van der Waals surface area (Å²) in [7, 11) is -4.06. The van der Waals surface area contributed by atoms with Crippen molar-refractivity contribution >= 4 is 31.6 Å². The molecule has 1 aromatic carbocycles. The van der Waals surface area contributed by atoms with E-state index < -0.39 is 49.5 Å². The van der Waals surface area contributed by atoms with E-state index >= 15 is 0 Å². The molecule has 0 saturated carbocycles. The number of amidine groups is 1. The van der Waals surface area contributed by atoms with Gasteiger partial charge in [-0.25, -0.2) is 21.6 Å². The molecule has 0 saturated heterocycles. The minimum absolute atomic E-state index is 0.333. The van der Waals surface area contributed by atoms with E-state index in [4.69, 9.17) is 5.73 Å². The molecule has 0 spiro atoms. The zero-order valence-electron chi connectivity index (χ0n) is 11.8. The van der Waals surface area contributed by atoms with Crippen LogP contribution >= 0.6 is 15.9 Å². The van der Waals surface area contributed by atoms with Gasteiger partial charge in [0, 0.05) is 10.0 Å². The number of benzene rings is 1. The molecule has 1 aromatic rings. The van der Waals surface area contributed by atoms with Gasteiger partial charge in [-0.1, -0.05) is 15.9 Å². The van der Waals surface area contributed by atoms with E-state index in [1.807, 2.05) is 0 Å². The van der Waals surface area contributed by atoms with Gasteiger partial charge in [-0.05, 0) is 32.0 Å². The summed E-state index contributed by atoms with van der Waals surface area (Å²) in [4.78, 5) is 3.74. The summed E-state index contributed by atoms with van der Waals surface area (Å²) >= 11 is 3.06. The number of nitrogens with two attached hydrogens (primary N) is 1. The van der Waals surface area contributed by atoms with Crippen LogP contribution in [0.15, 0.2) is 27.7 Å². The lowest BCUT2D eigenvalue weighted by Crippen LogP contribution is -2.57. The van der Waals surface area contributed by atoms with Crippen molar-refractivity contribution in [1.29, 1.82) is 0 Å². The summed E-state index contributed by atoms with van der Waals surface area (Å²) in [6.45, 7) is 2.57. The van der Waals surface area contributed by atoms with Gasteiger partial charge in [-0.2, -0.15) is 0 Å². The third-order valence-electron chi connectivity index (χ3n) is 3.88. The molecule has 122 valence electrons. The van der Waals surface area contributed by atoms with E-state index in [0.29, 0.717) is 4.47 Å². The quantitative estimate of drug-likeness (QED) is 0.831. The Bertz CT molecular complexity index is 750. The molecule has 4 nitrogen and oxygen atoms in total. The summed E-state index contributed by atoms with van der Waals surface area (Å²) in [5.74, 6) is -2.44. The van der Waals surface area contributed by atoms with Crippen molar-refractivity contribution in [3.63, 3.8) is 0 Å². The van der Waals surface area contributed by atoms with E-state index in [2.05, 4.69) is 20.9 Å². The van der Waals surface area contributed by atoms with Gasteiger partial charge in [-0.3, -0.25) is 4.99 Å². The second-order valence-corrected chi connectivity index (χ2v) is 9.07. The maximum Gasteiger partial charge on any atom is 0.268 e. The topological polar surface area (TPSA) is 72.5 Å². The first-order valence-electron chi connectivity index (χ1n) is 6.26. The summed E-state index contributed by atoms with van der Waals surface area (Å²) in [5, 5.41) is 0. The van der Waals surface area contributed by atoms with Crippen LogP contribution in [0.3, 0.4) is 0 Å². The minimum Gasteiger partial charge on any atom is -0.386 e. The van der Waals surface area contributed by atoms with E-state index in [1.165, 1.54) is 19.9 Å². The average molecular weight is 399 g/mol. The van der Waals surface area contributed by atoms with Crippen LogP contribution in [0.2, 0.25) is 0 Å². The summed E-state index contributed by atoms with van der Waals surface area (Å²) < 4.78 is 65.0. The van der Waals surface area contributed by atoms with Crippen LogP contribution in [0.4, 0.5) is 13.2 Å². The third kappa shape index (κ3) is 2.44. The van der Waals surface area contributed by atoms with Gasteiger partial charge in [0.1, 0.15) is 16.4 Å². The maximum atomic E-state index is 14.1.